The maximum Gasteiger partial charge on any atom is 0.254 e. The van der Waals surface area contributed by atoms with Crippen LogP contribution in [0.3, 0.4) is 0 Å². The van der Waals surface area contributed by atoms with Crippen LogP contribution in [0, 0.1) is 0 Å². The predicted octanol–water partition coefficient (Wildman–Crippen LogP) is 1.60. The molecule has 1 saturated heterocycles. The van der Waals surface area contributed by atoms with Crippen molar-refractivity contribution in [3.8, 4) is 0 Å². The SMILES string of the molecule is CN1CCN(C(=O)c2ccc(NCCc3ccccc3NN)c(N)c2)CC1. The topological polar surface area (TPSA) is 99.6 Å². The lowest BCUT2D eigenvalue weighted by Gasteiger charge is -2.32. The van der Waals surface area contributed by atoms with Crippen molar-refractivity contribution in [3.05, 3.63) is 53.6 Å². The van der Waals surface area contributed by atoms with Gasteiger partial charge in [-0.2, -0.15) is 0 Å². The lowest BCUT2D eigenvalue weighted by Crippen LogP contribution is -2.47. The number of nitrogens with zero attached hydrogens (tertiary/aromatic N) is 2. The summed E-state index contributed by atoms with van der Waals surface area (Å²) in [7, 11) is 2.07. The summed E-state index contributed by atoms with van der Waals surface area (Å²) in [5.41, 5.74) is 13.0. The highest BCUT2D eigenvalue weighted by molar-refractivity contribution is 5.96. The van der Waals surface area contributed by atoms with Gasteiger partial charge in [-0.05, 0) is 43.3 Å². The minimum atomic E-state index is 0.0456. The molecule has 7 nitrogen and oxygen atoms in total. The molecule has 0 unspecified atom stereocenters. The highest BCUT2D eigenvalue weighted by Gasteiger charge is 2.20. The van der Waals surface area contributed by atoms with E-state index in [9.17, 15) is 4.79 Å². The zero-order valence-corrected chi connectivity index (χ0v) is 15.7. The summed E-state index contributed by atoms with van der Waals surface area (Å²) >= 11 is 0. The molecule has 0 aliphatic carbocycles. The van der Waals surface area contributed by atoms with Crippen LogP contribution in [0.5, 0.6) is 0 Å². The molecular formula is C20H28N6O. The van der Waals surface area contributed by atoms with Gasteiger partial charge >= 0.3 is 0 Å². The normalized spacial score (nSPS) is 14.8. The van der Waals surface area contributed by atoms with Gasteiger partial charge in [-0.25, -0.2) is 0 Å². The number of carbonyl (C=O) groups excluding carboxylic acids is 1. The molecule has 1 aliphatic rings. The van der Waals surface area contributed by atoms with E-state index >= 15 is 0 Å². The van der Waals surface area contributed by atoms with Gasteiger partial charge in [0.25, 0.3) is 5.91 Å². The van der Waals surface area contributed by atoms with Crippen molar-refractivity contribution in [2.24, 2.45) is 5.84 Å². The lowest BCUT2D eigenvalue weighted by atomic mass is 10.1. The molecule has 7 heteroatoms. The van der Waals surface area contributed by atoms with Crippen LogP contribution in [0.1, 0.15) is 15.9 Å². The number of amides is 1. The molecule has 2 aromatic carbocycles. The smallest absolute Gasteiger partial charge is 0.254 e. The average Bonchev–Trinajstić information content (AvgIpc) is 2.69. The van der Waals surface area contributed by atoms with Gasteiger partial charge < -0.3 is 26.3 Å². The van der Waals surface area contributed by atoms with Gasteiger partial charge in [0.1, 0.15) is 0 Å². The van der Waals surface area contributed by atoms with E-state index in [1.54, 1.807) is 6.07 Å². The zero-order chi connectivity index (χ0) is 19.2. The van der Waals surface area contributed by atoms with Gasteiger partial charge in [-0.15, -0.1) is 0 Å². The summed E-state index contributed by atoms with van der Waals surface area (Å²) in [6.07, 6.45) is 0.807. The molecule has 1 aliphatic heterocycles. The number of hydrogen-bond donors (Lipinski definition) is 4. The van der Waals surface area contributed by atoms with Gasteiger partial charge in [-0.3, -0.25) is 10.6 Å². The Kier molecular flexibility index (Phi) is 6.16. The molecule has 0 atom stereocenters. The van der Waals surface area contributed by atoms with Crippen molar-refractivity contribution in [1.82, 2.24) is 9.80 Å². The van der Waals surface area contributed by atoms with Crippen molar-refractivity contribution in [3.63, 3.8) is 0 Å². The molecule has 0 bridgehead atoms. The van der Waals surface area contributed by atoms with Crippen LogP contribution < -0.4 is 22.3 Å². The summed E-state index contributed by atoms with van der Waals surface area (Å²) in [4.78, 5) is 16.8. The van der Waals surface area contributed by atoms with Crippen LogP contribution in [0.4, 0.5) is 17.1 Å². The van der Waals surface area contributed by atoms with Crippen molar-refractivity contribution in [2.75, 3.05) is 56.2 Å². The Hall–Kier alpha value is -2.77. The number of nitrogen functional groups attached to an aromatic ring is 2. The second-order valence-electron chi connectivity index (χ2n) is 6.88. The van der Waals surface area contributed by atoms with Crippen molar-refractivity contribution >= 4 is 23.0 Å². The van der Waals surface area contributed by atoms with Gasteiger partial charge in [-0.1, -0.05) is 18.2 Å². The zero-order valence-electron chi connectivity index (χ0n) is 15.7. The second-order valence-corrected chi connectivity index (χ2v) is 6.88. The van der Waals surface area contributed by atoms with Crippen molar-refractivity contribution < 1.29 is 4.79 Å². The fourth-order valence-corrected chi connectivity index (χ4v) is 3.26. The summed E-state index contributed by atoms with van der Waals surface area (Å²) in [6.45, 7) is 4.03. The van der Waals surface area contributed by atoms with E-state index in [2.05, 4.69) is 22.7 Å². The number of hydrogen-bond acceptors (Lipinski definition) is 6. The fourth-order valence-electron chi connectivity index (χ4n) is 3.26. The van der Waals surface area contributed by atoms with Crippen LogP contribution in [0.2, 0.25) is 0 Å². The molecule has 0 aromatic heterocycles. The number of anilines is 3. The molecular weight excluding hydrogens is 340 g/mol. The second kappa shape index (κ2) is 8.75. The molecule has 2 aromatic rings. The number of benzene rings is 2. The fraction of sp³-hybridized carbons (Fsp3) is 0.350. The third kappa shape index (κ3) is 4.69. The molecule has 1 fully saturated rings. The van der Waals surface area contributed by atoms with E-state index in [-0.39, 0.29) is 5.91 Å². The van der Waals surface area contributed by atoms with Crippen LogP contribution in [0.15, 0.2) is 42.5 Å². The van der Waals surface area contributed by atoms with E-state index in [0.29, 0.717) is 17.8 Å². The Bertz CT molecular complexity index is 786. The van der Waals surface area contributed by atoms with Crippen LogP contribution in [-0.4, -0.2) is 55.5 Å². The first-order chi connectivity index (χ1) is 13.1. The quantitative estimate of drug-likeness (QED) is 0.351. The highest BCUT2D eigenvalue weighted by atomic mass is 16.2. The number of nitrogens with two attached hydrogens (primary N) is 2. The van der Waals surface area contributed by atoms with E-state index in [1.165, 1.54) is 0 Å². The number of carbonyl (C=O) groups is 1. The molecule has 27 heavy (non-hydrogen) atoms. The van der Waals surface area contributed by atoms with E-state index in [1.807, 2.05) is 41.3 Å². The van der Waals surface area contributed by atoms with Crippen LogP contribution >= 0.6 is 0 Å². The summed E-state index contributed by atoms with van der Waals surface area (Å²) in [6, 6.07) is 13.4. The summed E-state index contributed by atoms with van der Waals surface area (Å²) < 4.78 is 0. The van der Waals surface area contributed by atoms with E-state index in [0.717, 1.165) is 49.5 Å². The summed E-state index contributed by atoms with van der Waals surface area (Å²) in [5, 5.41) is 3.34. The Morgan fingerprint density at radius 2 is 1.81 bits per heavy atom. The molecule has 0 spiro atoms. The first-order valence-corrected chi connectivity index (χ1v) is 9.24. The van der Waals surface area contributed by atoms with Gasteiger partial charge in [0.15, 0.2) is 0 Å². The van der Waals surface area contributed by atoms with E-state index < -0.39 is 0 Å². The van der Waals surface area contributed by atoms with Gasteiger partial charge in [0, 0.05) is 38.3 Å². The van der Waals surface area contributed by atoms with Crippen molar-refractivity contribution in [1.29, 1.82) is 0 Å². The molecule has 6 N–H and O–H groups in total. The van der Waals surface area contributed by atoms with Crippen LogP contribution in [-0.2, 0) is 6.42 Å². The average molecular weight is 368 g/mol. The predicted molar refractivity (Wildman–Crippen MR) is 111 cm³/mol. The highest BCUT2D eigenvalue weighted by Crippen LogP contribution is 2.22. The number of rotatable bonds is 6. The third-order valence-corrected chi connectivity index (χ3v) is 4.97. The molecule has 3 rings (SSSR count). The number of nitrogens with one attached hydrogen (secondary N) is 2. The third-order valence-electron chi connectivity index (χ3n) is 4.97. The Morgan fingerprint density at radius 3 is 2.52 bits per heavy atom. The molecule has 0 saturated carbocycles. The Morgan fingerprint density at radius 1 is 1.07 bits per heavy atom. The number of para-hydroxylation sites is 1. The Labute approximate surface area is 160 Å². The minimum absolute atomic E-state index is 0.0456. The molecule has 0 radical (unpaired) electrons. The minimum Gasteiger partial charge on any atom is -0.397 e. The number of likely N-dealkylation sites (N-methyl/N-ethyl adjacent to an activating group) is 1. The standard InChI is InChI=1S/C20H28N6O/c1-25-10-12-26(13-11-25)20(27)16-6-7-19(17(21)14-16)23-9-8-15-4-2-3-5-18(15)24-22/h2-7,14,23-24H,8-13,21-22H2,1H3. The molecule has 1 amide bonds. The monoisotopic (exact) mass is 368 g/mol. The largest absolute Gasteiger partial charge is 0.397 e. The number of piperazine rings is 1. The Balaban J connectivity index is 1.59. The van der Waals surface area contributed by atoms with Gasteiger partial charge in [0.05, 0.1) is 17.1 Å². The summed E-state index contributed by atoms with van der Waals surface area (Å²) in [5.74, 6) is 5.59. The molecule has 144 valence electrons. The lowest BCUT2D eigenvalue weighted by molar-refractivity contribution is 0.0664. The number of hydrazine groups is 1. The first-order valence-electron chi connectivity index (χ1n) is 9.24. The van der Waals surface area contributed by atoms with Gasteiger partial charge in [0.2, 0.25) is 0 Å². The molecule has 1 heterocycles. The maximum absolute atomic E-state index is 12.7. The maximum atomic E-state index is 12.7. The first kappa shape index (κ1) is 19.0. The van der Waals surface area contributed by atoms with E-state index in [4.69, 9.17) is 11.6 Å². The van der Waals surface area contributed by atoms with Crippen LogP contribution in [0.25, 0.3) is 0 Å². The van der Waals surface area contributed by atoms with Crippen molar-refractivity contribution in [2.45, 2.75) is 6.42 Å².